The number of carbonyl (C=O) groups excluding carboxylic acids is 1. The molecule has 0 radical (unpaired) electrons. The molecular weight excluding hydrogens is 515 g/mol. The van der Waals surface area contributed by atoms with Gasteiger partial charge in [0.05, 0.1) is 28.6 Å². The van der Waals surface area contributed by atoms with Crippen LogP contribution in [0, 0.1) is 5.92 Å². The summed E-state index contributed by atoms with van der Waals surface area (Å²) >= 11 is 0. The highest BCUT2D eigenvalue weighted by molar-refractivity contribution is 5.97. The Hall–Kier alpha value is -3.34. The lowest BCUT2D eigenvalue weighted by molar-refractivity contribution is -0.143. The maximum atomic E-state index is 13.4. The number of benzene rings is 1. The molecule has 3 N–H and O–H groups in total. The van der Waals surface area contributed by atoms with Crippen molar-refractivity contribution in [2.24, 2.45) is 11.7 Å². The maximum Gasteiger partial charge on any atom is 0.416 e. The summed E-state index contributed by atoms with van der Waals surface area (Å²) in [5.41, 5.74) is 6.16. The minimum absolute atomic E-state index is 0.0527. The lowest BCUT2D eigenvalue weighted by Gasteiger charge is -2.30. The number of rotatable bonds is 11. The first-order valence-electron chi connectivity index (χ1n) is 11.6. The number of carbonyl (C=O) groups is 1. The standard InChI is InChI=1S/C27H32F7N3O/c1-7-17(5)11-19(10-9-18(6)28)23(25(35)38)15-37(8-2)36-24(16(3)4)20-12-21(26(29,30)31)14-22(13-20)27(32,33)34/h8-16,24,36H,2,7H2,1,3-6H3,(H2,35,38)/b17-11+,18-9+,19-10+,23-15+. The van der Waals surface area contributed by atoms with Crippen molar-refractivity contribution in [1.29, 1.82) is 0 Å². The second-order valence-corrected chi connectivity index (χ2v) is 8.91. The van der Waals surface area contributed by atoms with Crippen molar-refractivity contribution in [2.75, 3.05) is 0 Å². The van der Waals surface area contributed by atoms with E-state index in [1.165, 1.54) is 25.4 Å². The van der Waals surface area contributed by atoms with Gasteiger partial charge in [0.25, 0.3) is 5.91 Å². The van der Waals surface area contributed by atoms with Crippen LogP contribution in [0.2, 0.25) is 0 Å². The third-order valence-corrected chi connectivity index (χ3v) is 5.42. The molecule has 1 aromatic carbocycles. The van der Waals surface area contributed by atoms with E-state index in [4.69, 9.17) is 5.73 Å². The molecule has 0 fully saturated rings. The second kappa shape index (κ2) is 13.5. The van der Waals surface area contributed by atoms with E-state index < -0.39 is 47.2 Å². The number of hydrogen-bond donors (Lipinski definition) is 2. The van der Waals surface area contributed by atoms with Crippen molar-refractivity contribution in [2.45, 2.75) is 59.4 Å². The van der Waals surface area contributed by atoms with Gasteiger partial charge in [0.2, 0.25) is 0 Å². The zero-order valence-electron chi connectivity index (χ0n) is 21.8. The molecule has 0 aliphatic rings. The molecule has 4 nitrogen and oxygen atoms in total. The van der Waals surface area contributed by atoms with Gasteiger partial charge in [-0.15, -0.1) is 0 Å². The van der Waals surface area contributed by atoms with Gasteiger partial charge in [-0.25, -0.2) is 9.82 Å². The first kappa shape index (κ1) is 32.7. The summed E-state index contributed by atoms with van der Waals surface area (Å²) in [7, 11) is 0. The fraction of sp³-hybridized carbons (Fsp3) is 0.370. The van der Waals surface area contributed by atoms with Gasteiger partial charge in [-0.1, -0.05) is 45.1 Å². The van der Waals surface area contributed by atoms with Crippen molar-refractivity contribution in [1.82, 2.24) is 10.4 Å². The molecule has 0 heterocycles. The summed E-state index contributed by atoms with van der Waals surface area (Å²) in [5, 5.41) is 1.12. The Balaban J connectivity index is 3.70. The Labute approximate surface area is 218 Å². The summed E-state index contributed by atoms with van der Waals surface area (Å²) in [6.45, 7) is 11.6. The fourth-order valence-corrected chi connectivity index (χ4v) is 3.28. The molecule has 1 rings (SSSR count). The highest BCUT2D eigenvalue weighted by atomic mass is 19.4. The number of allylic oxidation sites excluding steroid dienone is 5. The molecule has 0 bridgehead atoms. The van der Waals surface area contributed by atoms with Gasteiger partial charge < -0.3 is 5.73 Å². The van der Waals surface area contributed by atoms with Crippen molar-refractivity contribution in [3.8, 4) is 0 Å². The van der Waals surface area contributed by atoms with E-state index >= 15 is 0 Å². The van der Waals surface area contributed by atoms with Crippen LogP contribution in [0.25, 0.3) is 0 Å². The zero-order chi connectivity index (χ0) is 29.4. The molecule has 0 saturated carbocycles. The fourth-order valence-electron chi connectivity index (χ4n) is 3.28. The van der Waals surface area contributed by atoms with Crippen LogP contribution in [-0.4, -0.2) is 10.9 Å². The summed E-state index contributed by atoms with van der Waals surface area (Å²) in [6, 6.07) is 0.257. The highest BCUT2D eigenvalue weighted by Gasteiger charge is 2.38. The molecule has 0 aliphatic carbocycles. The molecule has 0 aromatic heterocycles. The molecule has 0 saturated heterocycles. The van der Waals surface area contributed by atoms with E-state index in [0.29, 0.717) is 18.6 Å². The van der Waals surface area contributed by atoms with Crippen molar-refractivity contribution < 1.29 is 35.5 Å². The zero-order valence-corrected chi connectivity index (χ0v) is 21.8. The Morgan fingerprint density at radius 2 is 1.58 bits per heavy atom. The predicted molar refractivity (Wildman–Crippen MR) is 133 cm³/mol. The predicted octanol–water partition coefficient (Wildman–Crippen LogP) is 7.90. The second-order valence-electron chi connectivity index (χ2n) is 8.91. The molecule has 1 atom stereocenters. The van der Waals surface area contributed by atoms with Crippen LogP contribution in [0.3, 0.4) is 0 Å². The largest absolute Gasteiger partial charge is 0.416 e. The number of nitrogens with two attached hydrogens (primary N) is 1. The van der Waals surface area contributed by atoms with Gasteiger partial charge in [-0.3, -0.25) is 9.80 Å². The maximum absolute atomic E-state index is 13.4. The Bertz CT molecular complexity index is 1090. The molecule has 1 unspecified atom stereocenters. The number of alkyl halides is 6. The van der Waals surface area contributed by atoms with Crippen LogP contribution in [-0.2, 0) is 17.1 Å². The van der Waals surface area contributed by atoms with Crippen molar-refractivity contribution in [3.63, 3.8) is 0 Å². The normalized spacial score (nSPS) is 15.1. The average molecular weight is 548 g/mol. The van der Waals surface area contributed by atoms with E-state index in [1.807, 2.05) is 6.92 Å². The summed E-state index contributed by atoms with van der Waals surface area (Å²) in [4.78, 5) is 12.3. The molecular formula is C27H32F7N3O. The molecule has 210 valence electrons. The van der Waals surface area contributed by atoms with E-state index in [2.05, 4.69) is 12.0 Å². The van der Waals surface area contributed by atoms with Gasteiger partial charge in [0.15, 0.2) is 0 Å². The quantitative estimate of drug-likeness (QED) is 0.128. The van der Waals surface area contributed by atoms with Gasteiger partial charge in [0.1, 0.15) is 0 Å². The van der Waals surface area contributed by atoms with Gasteiger partial charge >= 0.3 is 12.4 Å². The lowest BCUT2D eigenvalue weighted by atomic mass is 9.93. The van der Waals surface area contributed by atoms with Crippen LogP contribution in [0.5, 0.6) is 0 Å². The number of hydrazine groups is 1. The van der Waals surface area contributed by atoms with Crippen LogP contribution < -0.4 is 11.2 Å². The number of nitrogens with one attached hydrogen (secondary N) is 1. The topological polar surface area (TPSA) is 58.4 Å². The number of halogens is 7. The molecule has 0 spiro atoms. The minimum Gasteiger partial charge on any atom is -0.366 e. The minimum atomic E-state index is -5.01. The van der Waals surface area contributed by atoms with E-state index in [1.54, 1.807) is 26.8 Å². The Kier molecular flexibility index (Phi) is 11.6. The first-order chi connectivity index (χ1) is 17.4. The third-order valence-electron chi connectivity index (χ3n) is 5.42. The molecule has 1 amide bonds. The molecule has 1 aromatic rings. The monoisotopic (exact) mass is 547 g/mol. The number of hydrogen-bond acceptors (Lipinski definition) is 3. The molecule has 11 heteroatoms. The summed E-state index contributed by atoms with van der Waals surface area (Å²) in [6.07, 6.45) is -3.00. The van der Waals surface area contributed by atoms with Crippen LogP contribution in [0.15, 0.2) is 78.0 Å². The van der Waals surface area contributed by atoms with Gasteiger partial charge in [-0.2, -0.15) is 26.3 Å². The number of amides is 1. The lowest BCUT2D eigenvalue weighted by Crippen LogP contribution is -2.36. The van der Waals surface area contributed by atoms with E-state index in [9.17, 15) is 35.5 Å². The molecule has 38 heavy (non-hydrogen) atoms. The van der Waals surface area contributed by atoms with E-state index in [0.717, 1.165) is 16.7 Å². The summed E-state index contributed by atoms with van der Waals surface area (Å²) < 4.78 is 94.0. The SMILES string of the molecule is C=CN(\C=C(C(N)=O)/C(/C=C(\C)CC)=C/C=C(\C)F)NC(c1cc(C(F)(F)F)cc(C(F)(F)F)c1)C(C)C. The van der Waals surface area contributed by atoms with Crippen molar-refractivity contribution >= 4 is 5.91 Å². The highest BCUT2D eigenvalue weighted by Crippen LogP contribution is 2.38. The third kappa shape index (κ3) is 9.85. The number of primary amides is 1. The van der Waals surface area contributed by atoms with Crippen LogP contribution in [0.4, 0.5) is 30.7 Å². The Morgan fingerprint density at radius 3 is 1.95 bits per heavy atom. The first-order valence-corrected chi connectivity index (χ1v) is 11.6. The van der Waals surface area contributed by atoms with E-state index in [-0.39, 0.29) is 22.8 Å². The number of nitrogens with zero attached hydrogens (tertiary/aromatic N) is 1. The van der Waals surface area contributed by atoms with Gasteiger partial charge in [0, 0.05) is 12.4 Å². The average Bonchev–Trinajstić information content (AvgIpc) is 2.80. The van der Waals surface area contributed by atoms with Crippen LogP contribution in [0.1, 0.15) is 63.8 Å². The van der Waals surface area contributed by atoms with Gasteiger partial charge in [-0.05, 0) is 61.6 Å². The smallest absolute Gasteiger partial charge is 0.366 e. The molecule has 0 aliphatic heterocycles. The van der Waals surface area contributed by atoms with Crippen molar-refractivity contribution in [3.05, 3.63) is 94.6 Å². The summed E-state index contributed by atoms with van der Waals surface area (Å²) in [5.74, 6) is -1.96. The van der Waals surface area contributed by atoms with Crippen LogP contribution >= 0.6 is 0 Å². The Morgan fingerprint density at radius 1 is 1.05 bits per heavy atom.